The Morgan fingerprint density at radius 2 is 2.08 bits per heavy atom. The van der Waals surface area contributed by atoms with Gasteiger partial charge in [0, 0.05) is 17.3 Å². The number of benzene rings is 1. The molecule has 6 heteroatoms. The van der Waals surface area contributed by atoms with Gasteiger partial charge in [0.2, 0.25) is 5.91 Å². The number of carboxylic acids is 1. The van der Waals surface area contributed by atoms with Crippen LogP contribution in [-0.4, -0.2) is 35.0 Å². The lowest BCUT2D eigenvalue weighted by molar-refractivity contribution is -0.138. The van der Waals surface area contributed by atoms with E-state index in [-0.39, 0.29) is 19.0 Å². The number of carboxylic acid groups (broad SMARTS) is 1. The Morgan fingerprint density at radius 1 is 1.35 bits per heavy atom. The van der Waals surface area contributed by atoms with Crippen LogP contribution in [0.5, 0.6) is 0 Å². The van der Waals surface area contributed by atoms with Crippen molar-refractivity contribution in [3.63, 3.8) is 0 Å². The van der Waals surface area contributed by atoms with Crippen LogP contribution in [0.25, 0.3) is 0 Å². The van der Waals surface area contributed by atoms with Crippen LogP contribution in [0.1, 0.15) is 25.8 Å². The number of allylic oxidation sites excluding steroid dienone is 5. The maximum Gasteiger partial charge on any atom is 0.323 e. The van der Waals surface area contributed by atoms with E-state index < -0.39 is 5.97 Å². The van der Waals surface area contributed by atoms with Crippen molar-refractivity contribution in [1.82, 2.24) is 10.2 Å². The smallest absolute Gasteiger partial charge is 0.323 e. The van der Waals surface area contributed by atoms with E-state index in [0.29, 0.717) is 18.0 Å². The third-order valence-corrected chi connectivity index (χ3v) is 3.93. The zero-order valence-electron chi connectivity index (χ0n) is 15.2. The maximum atomic E-state index is 12.3. The maximum absolute atomic E-state index is 12.3. The highest BCUT2D eigenvalue weighted by Gasteiger charge is 2.17. The first kappa shape index (κ1) is 21.5. The fourth-order valence-electron chi connectivity index (χ4n) is 2.55. The summed E-state index contributed by atoms with van der Waals surface area (Å²) in [6.07, 6.45) is 5.89. The number of amides is 1. The zero-order chi connectivity index (χ0) is 19.5. The summed E-state index contributed by atoms with van der Waals surface area (Å²) in [5.74, 6) is -1.24. The first-order chi connectivity index (χ1) is 12.4. The monoisotopic (exact) mass is 376 g/mol. The number of carbonyl (C=O) groups excluding carboxylic acids is 1. The Morgan fingerprint density at radius 3 is 2.65 bits per heavy atom. The number of nitrogens with zero attached hydrogens (tertiary/aromatic N) is 1. The molecular weight excluding hydrogens is 352 g/mol. The lowest BCUT2D eigenvalue weighted by Gasteiger charge is -2.26. The third kappa shape index (κ3) is 7.57. The van der Waals surface area contributed by atoms with Gasteiger partial charge < -0.3 is 15.3 Å². The summed E-state index contributed by atoms with van der Waals surface area (Å²) in [7, 11) is 0. The average Bonchev–Trinajstić information content (AvgIpc) is 2.58. The molecule has 0 aliphatic carbocycles. The highest BCUT2D eigenvalue weighted by atomic mass is 35.5. The summed E-state index contributed by atoms with van der Waals surface area (Å²) in [4.78, 5) is 25.1. The molecule has 0 aliphatic heterocycles. The molecule has 26 heavy (non-hydrogen) atoms. The number of hydrogen-bond acceptors (Lipinski definition) is 3. The fourth-order valence-corrected chi connectivity index (χ4v) is 2.76. The molecule has 1 rings (SSSR count). The van der Waals surface area contributed by atoms with Gasteiger partial charge in [-0.3, -0.25) is 9.59 Å². The molecule has 1 aromatic carbocycles. The van der Waals surface area contributed by atoms with E-state index in [9.17, 15) is 14.7 Å². The summed E-state index contributed by atoms with van der Waals surface area (Å²) >= 11 is 5.93. The van der Waals surface area contributed by atoms with Gasteiger partial charge in [-0.15, -0.1) is 0 Å². The summed E-state index contributed by atoms with van der Waals surface area (Å²) in [5, 5.41) is 12.6. The molecule has 0 saturated carbocycles. The summed E-state index contributed by atoms with van der Waals surface area (Å²) in [5.41, 5.74) is 2.59. The molecular formula is C20H25ClN2O3. The van der Waals surface area contributed by atoms with Gasteiger partial charge in [0.05, 0.1) is 6.54 Å². The summed E-state index contributed by atoms with van der Waals surface area (Å²) in [6.45, 7) is 7.50. The van der Waals surface area contributed by atoms with Crippen molar-refractivity contribution in [3.8, 4) is 0 Å². The van der Waals surface area contributed by atoms with E-state index in [2.05, 4.69) is 11.9 Å². The number of halogens is 1. The van der Waals surface area contributed by atoms with Gasteiger partial charge in [0.15, 0.2) is 0 Å². The number of nitrogens with one attached hydrogen (secondary N) is 1. The van der Waals surface area contributed by atoms with E-state index in [1.165, 1.54) is 0 Å². The van der Waals surface area contributed by atoms with Crippen molar-refractivity contribution >= 4 is 23.5 Å². The molecule has 0 unspecified atom stereocenters. The van der Waals surface area contributed by atoms with E-state index in [1.807, 2.05) is 32.1 Å². The van der Waals surface area contributed by atoms with Crippen LogP contribution in [0, 0.1) is 0 Å². The Kier molecular flexibility index (Phi) is 9.23. The summed E-state index contributed by atoms with van der Waals surface area (Å²) < 4.78 is 0. The molecule has 0 radical (unpaired) electrons. The summed E-state index contributed by atoms with van der Waals surface area (Å²) in [6, 6.07) is 7.22. The van der Waals surface area contributed by atoms with Gasteiger partial charge in [-0.05, 0) is 36.6 Å². The highest BCUT2D eigenvalue weighted by molar-refractivity contribution is 6.30. The van der Waals surface area contributed by atoms with Crippen LogP contribution in [0.3, 0.4) is 0 Å². The largest absolute Gasteiger partial charge is 0.480 e. The normalized spacial score (nSPS) is 11.8. The molecule has 1 amide bonds. The molecule has 5 nitrogen and oxygen atoms in total. The first-order valence-electron chi connectivity index (χ1n) is 8.34. The predicted molar refractivity (Wildman–Crippen MR) is 105 cm³/mol. The Hall–Kier alpha value is -2.53. The molecule has 0 fully saturated rings. The Labute approximate surface area is 159 Å². The molecule has 0 aromatic heterocycles. The quantitative estimate of drug-likeness (QED) is 0.610. The number of aliphatic carboxylic acids is 1. The van der Waals surface area contributed by atoms with Crippen molar-refractivity contribution < 1.29 is 14.7 Å². The van der Waals surface area contributed by atoms with Gasteiger partial charge in [0.1, 0.15) is 6.54 Å². The molecule has 0 spiro atoms. The standard InChI is InChI=1S/C20H25ClN2O3/c1-4-6-8-15(3)18(5-2)23(14-20(25)26)13-19(24)22-12-16-9-7-10-17(21)11-16/h4,6-11H,1,5,12-14H2,2-3H3,(H,22,24)(H,25,26)/b8-6-,18-15+. The molecule has 1 aromatic rings. The van der Waals surface area contributed by atoms with Crippen LogP contribution in [0.2, 0.25) is 5.02 Å². The molecule has 0 aliphatic rings. The van der Waals surface area contributed by atoms with Crippen molar-refractivity contribution in [1.29, 1.82) is 0 Å². The second kappa shape index (κ2) is 11.2. The van der Waals surface area contributed by atoms with Gasteiger partial charge in [-0.2, -0.15) is 0 Å². The minimum absolute atomic E-state index is 0.0324. The SMILES string of the molecule is C=C/C=C\C(C)=C(/CC)N(CC(=O)O)CC(=O)NCc1cccc(Cl)c1. The molecule has 0 heterocycles. The van der Waals surface area contributed by atoms with Crippen molar-refractivity contribution in [2.45, 2.75) is 26.8 Å². The van der Waals surface area contributed by atoms with Crippen molar-refractivity contribution in [2.75, 3.05) is 13.1 Å². The van der Waals surface area contributed by atoms with Crippen molar-refractivity contribution in [2.24, 2.45) is 0 Å². The van der Waals surface area contributed by atoms with E-state index in [4.69, 9.17) is 11.6 Å². The molecule has 0 bridgehead atoms. The lowest BCUT2D eigenvalue weighted by Crippen LogP contribution is -2.39. The third-order valence-electron chi connectivity index (χ3n) is 3.69. The van der Waals surface area contributed by atoms with E-state index in [0.717, 1.165) is 16.8 Å². The van der Waals surface area contributed by atoms with Gasteiger partial charge in [-0.1, -0.05) is 55.5 Å². The second-order valence-electron chi connectivity index (χ2n) is 5.73. The highest BCUT2D eigenvalue weighted by Crippen LogP contribution is 2.16. The van der Waals surface area contributed by atoms with Gasteiger partial charge in [0.25, 0.3) is 0 Å². The average molecular weight is 377 g/mol. The fraction of sp³-hybridized carbons (Fsp3) is 0.300. The van der Waals surface area contributed by atoms with Gasteiger partial charge in [-0.25, -0.2) is 0 Å². The van der Waals surface area contributed by atoms with Gasteiger partial charge >= 0.3 is 5.97 Å². The topological polar surface area (TPSA) is 69.6 Å². The molecule has 140 valence electrons. The number of rotatable bonds is 10. The lowest BCUT2D eigenvalue weighted by atomic mass is 10.1. The second-order valence-corrected chi connectivity index (χ2v) is 6.17. The van der Waals surface area contributed by atoms with E-state index in [1.54, 1.807) is 29.2 Å². The van der Waals surface area contributed by atoms with Crippen LogP contribution < -0.4 is 5.32 Å². The Balaban J connectivity index is 2.85. The van der Waals surface area contributed by atoms with E-state index >= 15 is 0 Å². The molecule has 0 atom stereocenters. The van der Waals surface area contributed by atoms with Crippen LogP contribution in [-0.2, 0) is 16.1 Å². The van der Waals surface area contributed by atoms with Crippen LogP contribution >= 0.6 is 11.6 Å². The minimum atomic E-state index is -0.987. The molecule has 0 saturated heterocycles. The first-order valence-corrected chi connectivity index (χ1v) is 8.71. The molecule has 2 N–H and O–H groups in total. The zero-order valence-corrected chi connectivity index (χ0v) is 15.9. The Bertz CT molecular complexity index is 711. The number of hydrogen-bond donors (Lipinski definition) is 2. The number of carbonyl (C=O) groups is 2. The van der Waals surface area contributed by atoms with Crippen molar-refractivity contribution in [3.05, 3.63) is 70.9 Å². The predicted octanol–water partition coefficient (Wildman–Crippen LogP) is 3.77. The van der Waals surface area contributed by atoms with Crippen LogP contribution in [0.15, 0.2) is 60.3 Å². The van der Waals surface area contributed by atoms with Crippen LogP contribution in [0.4, 0.5) is 0 Å². The minimum Gasteiger partial charge on any atom is -0.480 e.